The van der Waals surface area contributed by atoms with E-state index in [0.29, 0.717) is 13.1 Å². The molecule has 2 heterocycles. The van der Waals surface area contributed by atoms with Crippen LogP contribution >= 0.6 is 12.4 Å². The average Bonchev–Trinajstić information content (AvgIpc) is 2.89. The monoisotopic (exact) mass is 305 g/mol. The molecule has 2 aromatic rings. The predicted molar refractivity (Wildman–Crippen MR) is 74.0 cm³/mol. The lowest BCUT2D eigenvalue weighted by molar-refractivity contribution is 0.121. The summed E-state index contributed by atoms with van der Waals surface area (Å²) in [6, 6.07) is 1.93. The Morgan fingerprint density at radius 3 is 2.65 bits per heavy atom. The zero-order valence-corrected chi connectivity index (χ0v) is 12.2. The largest absolute Gasteiger partial charge is 0.307 e. The molecule has 0 aliphatic rings. The molecule has 2 aromatic heterocycles. The Bertz CT molecular complexity index is 538. The van der Waals surface area contributed by atoms with Gasteiger partial charge in [-0.1, -0.05) is 0 Å². The van der Waals surface area contributed by atoms with Gasteiger partial charge in [0.05, 0.1) is 11.9 Å². The summed E-state index contributed by atoms with van der Waals surface area (Å²) in [5.74, 6) is 0. The van der Waals surface area contributed by atoms with E-state index in [1.165, 1.54) is 4.68 Å². The maximum Gasteiger partial charge on any atom is 0.257 e. The lowest BCUT2D eigenvalue weighted by Crippen LogP contribution is -2.16. The molecule has 0 bridgehead atoms. The highest BCUT2D eigenvalue weighted by atomic mass is 35.5. The molecule has 0 unspecified atom stereocenters. The Morgan fingerprint density at radius 1 is 1.30 bits per heavy atom. The van der Waals surface area contributed by atoms with Crippen molar-refractivity contribution in [3.63, 3.8) is 0 Å². The first-order valence-corrected chi connectivity index (χ1v) is 6.05. The molecular weight excluding hydrogens is 288 g/mol. The van der Waals surface area contributed by atoms with Crippen LogP contribution in [-0.2, 0) is 26.7 Å². The fraction of sp³-hybridized carbons (Fsp3) is 0.500. The van der Waals surface area contributed by atoms with Gasteiger partial charge in [-0.15, -0.1) is 12.4 Å². The number of hydrogen-bond acceptors (Lipinski definition) is 3. The van der Waals surface area contributed by atoms with Crippen molar-refractivity contribution >= 4 is 12.4 Å². The van der Waals surface area contributed by atoms with Crippen molar-refractivity contribution in [2.24, 2.45) is 7.05 Å². The normalized spacial score (nSPS) is 10.8. The van der Waals surface area contributed by atoms with E-state index in [4.69, 9.17) is 0 Å². The Hall–Kier alpha value is -1.47. The maximum absolute atomic E-state index is 12.3. The van der Waals surface area contributed by atoms with Gasteiger partial charge in [-0.3, -0.25) is 9.36 Å². The van der Waals surface area contributed by atoms with Crippen LogP contribution in [0.1, 0.15) is 17.0 Å². The topological polar surface area (TPSA) is 47.7 Å². The molecule has 0 aromatic carbocycles. The molecule has 0 saturated heterocycles. The first-order chi connectivity index (χ1) is 9.08. The molecular formula is C12H18ClF2N5. The summed E-state index contributed by atoms with van der Waals surface area (Å²) < 4.78 is 27.7. The third kappa shape index (κ3) is 4.01. The number of alkyl halides is 2. The smallest absolute Gasteiger partial charge is 0.257 e. The van der Waals surface area contributed by atoms with Crippen LogP contribution in [0.15, 0.2) is 18.5 Å². The second kappa shape index (κ2) is 7.35. The molecule has 0 radical (unpaired) electrons. The first kappa shape index (κ1) is 16.6. The minimum Gasteiger partial charge on any atom is -0.307 e. The molecule has 20 heavy (non-hydrogen) atoms. The van der Waals surface area contributed by atoms with Gasteiger partial charge >= 0.3 is 0 Å². The Labute approximate surface area is 122 Å². The van der Waals surface area contributed by atoms with E-state index in [2.05, 4.69) is 15.5 Å². The van der Waals surface area contributed by atoms with Crippen molar-refractivity contribution in [2.75, 3.05) is 0 Å². The van der Waals surface area contributed by atoms with Gasteiger partial charge in [0.1, 0.15) is 6.54 Å². The second-order valence-electron chi connectivity index (χ2n) is 4.38. The molecule has 1 N–H and O–H groups in total. The lowest BCUT2D eigenvalue weighted by Gasteiger charge is -2.06. The summed E-state index contributed by atoms with van der Waals surface area (Å²) in [5, 5.41) is 11.3. The van der Waals surface area contributed by atoms with Gasteiger partial charge in [-0.2, -0.15) is 10.2 Å². The van der Waals surface area contributed by atoms with Gasteiger partial charge in [0.2, 0.25) is 0 Å². The van der Waals surface area contributed by atoms with Gasteiger partial charge in [0.25, 0.3) is 6.43 Å². The van der Waals surface area contributed by atoms with E-state index in [-0.39, 0.29) is 19.0 Å². The molecule has 2 rings (SSSR count). The number of aromatic nitrogens is 4. The molecule has 0 fully saturated rings. The Morgan fingerprint density at radius 2 is 2.05 bits per heavy atom. The fourth-order valence-corrected chi connectivity index (χ4v) is 1.87. The van der Waals surface area contributed by atoms with E-state index in [1.807, 2.05) is 13.1 Å². The van der Waals surface area contributed by atoms with Crippen molar-refractivity contribution in [3.8, 4) is 0 Å². The minimum absolute atomic E-state index is 0. The molecule has 8 heteroatoms. The highest BCUT2D eigenvalue weighted by Gasteiger charge is 2.10. The lowest BCUT2D eigenvalue weighted by atomic mass is 10.2. The highest BCUT2D eigenvalue weighted by Crippen LogP contribution is 2.09. The van der Waals surface area contributed by atoms with Crippen molar-refractivity contribution in [3.05, 3.63) is 35.4 Å². The maximum atomic E-state index is 12.3. The summed E-state index contributed by atoms with van der Waals surface area (Å²) in [7, 11) is 1.88. The summed E-state index contributed by atoms with van der Waals surface area (Å²) >= 11 is 0. The molecule has 5 nitrogen and oxygen atoms in total. The zero-order chi connectivity index (χ0) is 13.8. The minimum atomic E-state index is -2.38. The molecule has 0 aliphatic carbocycles. The van der Waals surface area contributed by atoms with Crippen LogP contribution in [0.25, 0.3) is 0 Å². The standard InChI is InChI=1S/C12H17F2N5.ClH/c1-9-10(6-17-19(9)8-12(13)14)5-15-7-11-3-4-16-18(11)2;/h3-4,6,12,15H,5,7-8H2,1-2H3;1H. The van der Waals surface area contributed by atoms with Gasteiger partial charge in [-0.05, 0) is 13.0 Å². The Kier molecular flexibility index (Phi) is 6.09. The van der Waals surface area contributed by atoms with Crippen LogP contribution < -0.4 is 5.32 Å². The first-order valence-electron chi connectivity index (χ1n) is 6.05. The van der Waals surface area contributed by atoms with Crippen molar-refractivity contribution in [2.45, 2.75) is 33.0 Å². The van der Waals surface area contributed by atoms with Gasteiger partial charge in [0.15, 0.2) is 0 Å². The van der Waals surface area contributed by atoms with E-state index in [0.717, 1.165) is 17.0 Å². The van der Waals surface area contributed by atoms with Crippen LogP contribution in [0.2, 0.25) is 0 Å². The summed E-state index contributed by atoms with van der Waals surface area (Å²) in [6.45, 7) is 2.72. The van der Waals surface area contributed by atoms with Crippen LogP contribution in [0, 0.1) is 6.92 Å². The predicted octanol–water partition coefficient (Wildman–Crippen LogP) is 1.90. The number of halogens is 3. The SMILES string of the molecule is Cc1c(CNCc2ccnn2C)cnn1CC(F)F.Cl. The molecule has 0 saturated carbocycles. The van der Waals surface area contributed by atoms with Crippen molar-refractivity contribution in [1.29, 1.82) is 0 Å². The molecule has 0 atom stereocenters. The summed E-state index contributed by atoms with van der Waals surface area (Å²) in [4.78, 5) is 0. The van der Waals surface area contributed by atoms with E-state index in [9.17, 15) is 8.78 Å². The highest BCUT2D eigenvalue weighted by molar-refractivity contribution is 5.85. The number of nitrogens with one attached hydrogen (secondary N) is 1. The van der Waals surface area contributed by atoms with Crippen LogP contribution in [0.3, 0.4) is 0 Å². The van der Waals surface area contributed by atoms with Gasteiger partial charge in [0, 0.05) is 37.6 Å². The Balaban J connectivity index is 0.00000200. The number of nitrogens with zero attached hydrogens (tertiary/aromatic N) is 4. The average molecular weight is 306 g/mol. The van der Waals surface area contributed by atoms with E-state index in [1.54, 1.807) is 24.0 Å². The number of hydrogen-bond donors (Lipinski definition) is 1. The van der Waals surface area contributed by atoms with E-state index < -0.39 is 6.43 Å². The van der Waals surface area contributed by atoms with E-state index >= 15 is 0 Å². The number of rotatable bonds is 6. The van der Waals surface area contributed by atoms with Gasteiger partial charge in [-0.25, -0.2) is 8.78 Å². The third-order valence-electron chi connectivity index (χ3n) is 3.06. The second-order valence-corrected chi connectivity index (χ2v) is 4.38. The quantitative estimate of drug-likeness (QED) is 0.887. The van der Waals surface area contributed by atoms with Crippen LogP contribution in [0.4, 0.5) is 8.78 Å². The number of aryl methyl sites for hydroxylation is 1. The zero-order valence-electron chi connectivity index (χ0n) is 11.4. The molecule has 0 aliphatic heterocycles. The molecule has 0 amide bonds. The molecule has 112 valence electrons. The molecule has 0 spiro atoms. The van der Waals surface area contributed by atoms with Crippen LogP contribution in [-0.4, -0.2) is 26.0 Å². The van der Waals surface area contributed by atoms with Gasteiger partial charge < -0.3 is 5.32 Å². The third-order valence-corrected chi connectivity index (χ3v) is 3.06. The van der Waals surface area contributed by atoms with Crippen molar-refractivity contribution < 1.29 is 8.78 Å². The van der Waals surface area contributed by atoms with Crippen LogP contribution in [0.5, 0.6) is 0 Å². The fourth-order valence-electron chi connectivity index (χ4n) is 1.87. The van der Waals surface area contributed by atoms with Crippen molar-refractivity contribution in [1.82, 2.24) is 24.9 Å². The summed E-state index contributed by atoms with van der Waals surface area (Å²) in [6.07, 6.45) is 0.991. The summed E-state index contributed by atoms with van der Waals surface area (Å²) in [5.41, 5.74) is 2.78.